The van der Waals surface area contributed by atoms with Crippen molar-refractivity contribution in [2.75, 3.05) is 13.2 Å². The van der Waals surface area contributed by atoms with Gasteiger partial charge in [0.15, 0.2) is 0 Å². The molecule has 128 valence electrons. The van der Waals surface area contributed by atoms with E-state index >= 15 is 0 Å². The van der Waals surface area contributed by atoms with Crippen molar-refractivity contribution in [1.29, 1.82) is 0 Å². The number of imidazole rings is 1. The zero-order chi connectivity index (χ0) is 17.1. The number of aromatic amines is 1. The van der Waals surface area contributed by atoms with Crippen LogP contribution in [0, 0.1) is 0 Å². The highest BCUT2D eigenvalue weighted by Gasteiger charge is 2.31. The highest BCUT2D eigenvalue weighted by molar-refractivity contribution is 5.79. The number of amides is 1. The Bertz CT molecular complexity index is 827. The molecule has 1 fully saturated rings. The summed E-state index contributed by atoms with van der Waals surface area (Å²) in [6.07, 6.45) is 1.93. The van der Waals surface area contributed by atoms with Crippen LogP contribution in [0.4, 0.5) is 0 Å². The number of nitrogens with one attached hydrogen (secondary N) is 1. The van der Waals surface area contributed by atoms with Gasteiger partial charge >= 0.3 is 0 Å². The average Bonchev–Trinajstić information content (AvgIpc) is 3.29. The van der Waals surface area contributed by atoms with E-state index in [1.807, 2.05) is 59.5 Å². The molecule has 1 aromatic heterocycles. The van der Waals surface area contributed by atoms with Gasteiger partial charge < -0.3 is 14.6 Å². The number of ether oxygens (including phenoxy) is 1. The molecule has 1 N–H and O–H groups in total. The number of carbonyl (C=O) groups excluding carboxylic acids is 1. The number of hydrogen-bond acceptors (Lipinski definition) is 3. The van der Waals surface area contributed by atoms with Crippen LogP contribution in [0.1, 0.15) is 30.3 Å². The number of rotatable bonds is 5. The molecule has 5 nitrogen and oxygen atoms in total. The van der Waals surface area contributed by atoms with Gasteiger partial charge in [0.05, 0.1) is 23.7 Å². The van der Waals surface area contributed by atoms with E-state index in [1.54, 1.807) is 0 Å². The van der Waals surface area contributed by atoms with Gasteiger partial charge in [0.1, 0.15) is 12.4 Å². The third-order valence-electron chi connectivity index (χ3n) is 4.63. The summed E-state index contributed by atoms with van der Waals surface area (Å²) in [5.41, 5.74) is 3.03. The summed E-state index contributed by atoms with van der Waals surface area (Å²) in [7, 11) is 0. The highest BCUT2D eigenvalue weighted by Crippen LogP contribution is 2.31. The molecule has 25 heavy (non-hydrogen) atoms. The summed E-state index contributed by atoms with van der Waals surface area (Å²) >= 11 is 0. The molecule has 2 heterocycles. The number of para-hydroxylation sites is 2. The summed E-state index contributed by atoms with van der Waals surface area (Å²) in [6.45, 7) is 1.32. The van der Waals surface area contributed by atoms with Gasteiger partial charge in [0.25, 0.3) is 0 Å². The van der Waals surface area contributed by atoms with Crippen molar-refractivity contribution in [2.24, 2.45) is 0 Å². The van der Waals surface area contributed by atoms with E-state index in [-0.39, 0.29) is 18.6 Å². The molecule has 2 aromatic carbocycles. The molecule has 1 atom stereocenters. The molecular weight excluding hydrogens is 314 g/mol. The Morgan fingerprint density at radius 2 is 1.96 bits per heavy atom. The lowest BCUT2D eigenvalue weighted by molar-refractivity contribution is -0.137. The smallest absolute Gasteiger partial charge is 0.249 e. The minimum atomic E-state index is 0.0141. The fourth-order valence-electron chi connectivity index (χ4n) is 3.39. The Morgan fingerprint density at radius 3 is 2.80 bits per heavy atom. The van der Waals surface area contributed by atoms with Crippen LogP contribution in [-0.4, -0.2) is 33.9 Å². The Balaban J connectivity index is 1.41. The van der Waals surface area contributed by atoms with Gasteiger partial charge in [-0.25, -0.2) is 4.98 Å². The van der Waals surface area contributed by atoms with Crippen molar-refractivity contribution in [1.82, 2.24) is 14.9 Å². The second-order valence-electron chi connectivity index (χ2n) is 6.36. The van der Waals surface area contributed by atoms with Crippen molar-refractivity contribution in [2.45, 2.75) is 25.5 Å². The molecule has 0 radical (unpaired) electrons. The monoisotopic (exact) mass is 335 g/mol. The van der Waals surface area contributed by atoms with E-state index in [2.05, 4.69) is 9.97 Å². The summed E-state index contributed by atoms with van der Waals surface area (Å²) < 4.78 is 5.62. The first-order valence-electron chi connectivity index (χ1n) is 8.67. The van der Waals surface area contributed by atoms with E-state index in [0.717, 1.165) is 41.8 Å². The number of nitrogens with zero attached hydrogens (tertiary/aromatic N) is 2. The molecule has 0 bridgehead atoms. The van der Waals surface area contributed by atoms with Gasteiger partial charge in [0.2, 0.25) is 5.91 Å². The maximum Gasteiger partial charge on any atom is 0.249 e. The van der Waals surface area contributed by atoms with Crippen LogP contribution in [0.3, 0.4) is 0 Å². The quantitative estimate of drug-likeness (QED) is 0.777. The number of likely N-dealkylation sites (tertiary alicyclic amines) is 1. The van der Waals surface area contributed by atoms with E-state index in [1.165, 1.54) is 0 Å². The summed E-state index contributed by atoms with van der Waals surface area (Å²) in [5.74, 6) is 0.897. The average molecular weight is 335 g/mol. The first-order chi connectivity index (χ1) is 12.3. The summed E-state index contributed by atoms with van der Waals surface area (Å²) in [4.78, 5) is 22.5. The second kappa shape index (κ2) is 7.07. The molecule has 3 aromatic rings. The largest absolute Gasteiger partial charge is 0.367 e. The summed E-state index contributed by atoms with van der Waals surface area (Å²) in [6, 6.07) is 17.9. The van der Waals surface area contributed by atoms with Gasteiger partial charge in [-0.2, -0.15) is 0 Å². The van der Waals surface area contributed by atoms with Crippen LogP contribution in [0.25, 0.3) is 11.0 Å². The van der Waals surface area contributed by atoms with E-state index in [4.69, 9.17) is 4.74 Å². The lowest BCUT2D eigenvalue weighted by Crippen LogP contribution is -2.34. The Labute approximate surface area is 146 Å². The second-order valence-corrected chi connectivity index (χ2v) is 6.36. The van der Waals surface area contributed by atoms with Gasteiger partial charge in [-0.1, -0.05) is 42.5 Å². The van der Waals surface area contributed by atoms with Gasteiger partial charge in [-0.3, -0.25) is 4.79 Å². The molecular formula is C20H21N3O2. The molecule has 5 heteroatoms. The van der Waals surface area contributed by atoms with Crippen LogP contribution < -0.4 is 0 Å². The molecule has 0 saturated carbocycles. The highest BCUT2D eigenvalue weighted by atomic mass is 16.5. The first kappa shape index (κ1) is 15.8. The minimum absolute atomic E-state index is 0.0141. The topological polar surface area (TPSA) is 58.2 Å². The van der Waals surface area contributed by atoms with Gasteiger partial charge in [-0.15, -0.1) is 0 Å². The zero-order valence-electron chi connectivity index (χ0n) is 14.0. The van der Waals surface area contributed by atoms with E-state index in [0.29, 0.717) is 6.61 Å². The first-order valence-corrected chi connectivity index (χ1v) is 8.67. The third-order valence-corrected chi connectivity index (χ3v) is 4.63. The number of carbonyl (C=O) groups is 1. The molecule has 1 aliphatic heterocycles. The molecule has 1 amide bonds. The third kappa shape index (κ3) is 3.42. The normalized spacial score (nSPS) is 17.3. The maximum absolute atomic E-state index is 12.6. The molecule has 0 spiro atoms. The van der Waals surface area contributed by atoms with Crippen LogP contribution in [-0.2, 0) is 16.1 Å². The van der Waals surface area contributed by atoms with Crippen LogP contribution in [0.15, 0.2) is 54.6 Å². The maximum atomic E-state index is 12.6. The number of fused-ring (bicyclic) bond motifs is 1. The fourth-order valence-corrected chi connectivity index (χ4v) is 3.39. The van der Waals surface area contributed by atoms with Crippen LogP contribution in [0.5, 0.6) is 0 Å². The number of aromatic nitrogens is 2. The Morgan fingerprint density at radius 1 is 1.16 bits per heavy atom. The summed E-state index contributed by atoms with van der Waals surface area (Å²) in [5, 5.41) is 0. The molecule has 4 rings (SSSR count). The molecule has 1 aliphatic rings. The lowest BCUT2D eigenvalue weighted by atomic mass is 10.2. The number of benzene rings is 2. The number of hydrogen-bond donors (Lipinski definition) is 1. The van der Waals surface area contributed by atoms with Crippen molar-refractivity contribution >= 4 is 16.9 Å². The van der Waals surface area contributed by atoms with Gasteiger partial charge in [0, 0.05) is 6.54 Å². The Hall–Kier alpha value is -2.66. The standard InChI is InChI=1S/C20H21N3O2/c24-19(14-25-13-15-7-2-1-3-8-15)23-12-6-11-18(23)20-21-16-9-4-5-10-17(16)22-20/h1-5,7-10,18H,6,11-14H2,(H,21,22). The minimum Gasteiger partial charge on any atom is -0.367 e. The van der Waals surface area contributed by atoms with Crippen molar-refractivity contribution in [3.63, 3.8) is 0 Å². The predicted molar refractivity (Wildman–Crippen MR) is 95.9 cm³/mol. The van der Waals surface area contributed by atoms with Crippen molar-refractivity contribution in [3.8, 4) is 0 Å². The molecule has 1 unspecified atom stereocenters. The zero-order valence-corrected chi connectivity index (χ0v) is 14.0. The van der Waals surface area contributed by atoms with Gasteiger partial charge in [-0.05, 0) is 30.5 Å². The van der Waals surface area contributed by atoms with Crippen molar-refractivity contribution < 1.29 is 9.53 Å². The lowest BCUT2D eigenvalue weighted by Gasteiger charge is -2.23. The molecule has 0 aliphatic carbocycles. The fraction of sp³-hybridized carbons (Fsp3) is 0.300. The molecule has 1 saturated heterocycles. The van der Waals surface area contributed by atoms with Crippen LogP contribution >= 0.6 is 0 Å². The van der Waals surface area contributed by atoms with E-state index < -0.39 is 0 Å². The predicted octanol–water partition coefficient (Wildman–Crippen LogP) is 3.44. The SMILES string of the molecule is O=C(COCc1ccccc1)N1CCCC1c1nc2ccccc2[nH]1. The Kier molecular flexibility index (Phi) is 4.48. The number of H-pyrrole nitrogens is 1. The van der Waals surface area contributed by atoms with Crippen LogP contribution in [0.2, 0.25) is 0 Å². The van der Waals surface area contributed by atoms with E-state index in [9.17, 15) is 4.79 Å². The van der Waals surface area contributed by atoms with Crippen molar-refractivity contribution in [3.05, 3.63) is 66.0 Å².